The van der Waals surface area contributed by atoms with E-state index in [9.17, 15) is 14.4 Å². The monoisotopic (exact) mass is 416 g/mol. The van der Waals surface area contributed by atoms with E-state index in [4.69, 9.17) is 0 Å². The van der Waals surface area contributed by atoms with Crippen molar-refractivity contribution >= 4 is 23.2 Å². The largest absolute Gasteiger partial charge is 0.324 e. The Balaban J connectivity index is 1.57. The molecule has 0 bridgehead atoms. The Hall–Kier alpha value is -3.74. The SMILES string of the molecule is Cc1cccc(C)c1NC(=O)Cn1nc(C(=O)N2c3ccccc3C[C@H]2C)ccc1=O. The first-order valence-electron chi connectivity index (χ1n) is 10.2. The van der Waals surface area contributed by atoms with Gasteiger partial charge in [-0.2, -0.15) is 5.10 Å². The first-order valence-corrected chi connectivity index (χ1v) is 10.2. The van der Waals surface area contributed by atoms with Crippen LogP contribution in [0.2, 0.25) is 0 Å². The van der Waals surface area contributed by atoms with E-state index in [1.165, 1.54) is 12.1 Å². The number of aromatic nitrogens is 2. The zero-order chi connectivity index (χ0) is 22.1. The molecule has 1 aromatic heterocycles. The minimum Gasteiger partial charge on any atom is -0.324 e. The summed E-state index contributed by atoms with van der Waals surface area (Å²) in [5.74, 6) is -0.669. The second-order valence-corrected chi connectivity index (χ2v) is 7.89. The van der Waals surface area contributed by atoms with Crippen molar-refractivity contribution in [3.05, 3.63) is 87.3 Å². The van der Waals surface area contributed by atoms with Gasteiger partial charge in [0.05, 0.1) is 0 Å². The molecule has 0 unspecified atom stereocenters. The highest BCUT2D eigenvalue weighted by molar-refractivity contribution is 6.06. The maximum Gasteiger partial charge on any atom is 0.278 e. The highest BCUT2D eigenvalue weighted by atomic mass is 16.2. The van der Waals surface area contributed by atoms with Crippen LogP contribution in [-0.4, -0.2) is 27.6 Å². The molecule has 1 N–H and O–H groups in total. The van der Waals surface area contributed by atoms with Crippen molar-refractivity contribution in [1.29, 1.82) is 0 Å². The van der Waals surface area contributed by atoms with Crippen LogP contribution >= 0.6 is 0 Å². The second kappa shape index (κ2) is 8.18. The highest BCUT2D eigenvalue weighted by Crippen LogP contribution is 2.32. The van der Waals surface area contributed by atoms with Crippen LogP contribution in [0.15, 0.2) is 59.4 Å². The molecule has 2 heterocycles. The van der Waals surface area contributed by atoms with Crippen LogP contribution in [0.3, 0.4) is 0 Å². The lowest BCUT2D eigenvalue weighted by atomic mass is 10.1. The molecule has 7 nitrogen and oxygen atoms in total. The Morgan fingerprint density at radius 2 is 1.74 bits per heavy atom. The average molecular weight is 416 g/mol. The Kier molecular flexibility index (Phi) is 5.42. The van der Waals surface area contributed by atoms with Crippen LogP contribution in [0.1, 0.15) is 34.1 Å². The van der Waals surface area contributed by atoms with Gasteiger partial charge in [-0.3, -0.25) is 14.4 Å². The standard InChI is InChI=1S/C24H24N4O3/c1-15-7-6-8-16(2)23(15)25-21(29)14-27-22(30)12-11-19(26-27)24(31)28-17(3)13-18-9-4-5-10-20(18)28/h4-12,17H,13-14H2,1-3H3,(H,25,29)/t17-/m1/s1. The van der Waals surface area contributed by atoms with Gasteiger partial charge in [0, 0.05) is 23.5 Å². The number of fused-ring (bicyclic) bond motifs is 1. The fourth-order valence-electron chi connectivity index (χ4n) is 4.00. The lowest BCUT2D eigenvalue weighted by molar-refractivity contribution is -0.117. The minimum atomic E-state index is -0.442. The van der Waals surface area contributed by atoms with Gasteiger partial charge in [0.15, 0.2) is 0 Å². The maximum absolute atomic E-state index is 13.2. The summed E-state index contributed by atoms with van der Waals surface area (Å²) in [6.07, 6.45) is 0.764. The summed E-state index contributed by atoms with van der Waals surface area (Å²) in [5, 5.41) is 7.05. The third kappa shape index (κ3) is 3.99. The van der Waals surface area contributed by atoms with Crippen LogP contribution in [-0.2, 0) is 17.8 Å². The van der Waals surface area contributed by atoms with Crippen molar-refractivity contribution in [2.45, 2.75) is 39.8 Å². The van der Waals surface area contributed by atoms with Gasteiger partial charge in [-0.25, -0.2) is 4.68 Å². The fourth-order valence-corrected chi connectivity index (χ4v) is 4.00. The normalized spacial score (nSPS) is 14.9. The molecule has 0 saturated heterocycles. The summed E-state index contributed by atoms with van der Waals surface area (Å²) >= 11 is 0. The summed E-state index contributed by atoms with van der Waals surface area (Å²) < 4.78 is 1.03. The molecule has 2 aromatic carbocycles. The van der Waals surface area contributed by atoms with E-state index in [2.05, 4.69) is 10.4 Å². The Bertz CT molecular complexity index is 1210. The highest BCUT2D eigenvalue weighted by Gasteiger charge is 2.32. The molecule has 0 saturated carbocycles. The molecule has 1 aliphatic heterocycles. The number of nitrogens with zero attached hydrogens (tertiary/aromatic N) is 3. The van der Waals surface area contributed by atoms with Crippen LogP contribution in [0.4, 0.5) is 11.4 Å². The summed E-state index contributed by atoms with van der Waals surface area (Å²) in [4.78, 5) is 39.8. The number of rotatable bonds is 4. The van der Waals surface area contributed by atoms with Gasteiger partial charge in [-0.1, -0.05) is 36.4 Å². The number of nitrogens with one attached hydrogen (secondary N) is 1. The van der Waals surface area contributed by atoms with Crippen LogP contribution in [0.25, 0.3) is 0 Å². The first kappa shape index (κ1) is 20.5. The number of aryl methyl sites for hydroxylation is 2. The summed E-state index contributed by atoms with van der Waals surface area (Å²) in [5.41, 5.74) is 4.22. The van der Waals surface area contributed by atoms with Gasteiger partial charge >= 0.3 is 0 Å². The van der Waals surface area contributed by atoms with E-state index in [0.717, 1.165) is 39.2 Å². The molecule has 31 heavy (non-hydrogen) atoms. The molecule has 158 valence electrons. The van der Waals surface area contributed by atoms with Crippen LogP contribution in [0, 0.1) is 13.8 Å². The Morgan fingerprint density at radius 1 is 1.03 bits per heavy atom. The van der Waals surface area contributed by atoms with Crippen molar-refractivity contribution in [1.82, 2.24) is 9.78 Å². The van der Waals surface area contributed by atoms with Gasteiger partial charge in [0.2, 0.25) is 5.91 Å². The van der Waals surface area contributed by atoms with E-state index in [-0.39, 0.29) is 30.1 Å². The van der Waals surface area contributed by atoms with Crippen molar-refractivity contribution < 1.29 is 9.59 Å². The number of benzene rings is 2. The number of hydrogen-bond donors (Lipinski definition) is 1. The Labute approximate surface area is 180 Å². The van der Waals surface area contributed by atoms with Crippen molar-refractivity contribution in [2.75, 3.05) is 10.2 Å². The van der Waals surface area contributed by atoms with Gasteiger partial charge < -0.3 is 10.2 Å². The average Bonchev–Trinajstić information content (AvgIpc) is 3.07. The molecule has 4 rings (SSSR count). The number of carbonyl (C=O) groups is 2. The number of para-hydroxylation sites is 2. The van der Waals surface area contributed by atoms with Gasteiger partial charge in [0.1, 0.15) is 12.2 Å². The summed E-state index contributed by atoms with van der Waals surface area (Å²) in [6.45, 7) is 5.51. The summed E-state index contributed by atoms with van der Waals surface area (Å²) in [7, 11) is 0. The number of carbonyl (C=O) groups excluding carboxylic acids is 2. The number of anilines is 2. The smallest absolute Gasteiger partial charge is 0.278 e. The predicted molar refractivity (Wildman–Crippen MR) is 119 cm³/mol. The van der Waals surface area contributed by atoms with Gasteiger partial charge in [-0.15, -0.1) is 0 Å². The Morgan fingerprint density at radius 3 is 2.48 bits per heavy atom. The fraction of sp³-hybridized carbons (Fsp3) is 0.250. The molecule has 0 radical (unpaired) electrons. The second-order valence-electron chi connectivity index (χ2n) is 7.89. The van der Waals surface area contributed by atoms with E-state index >= 15 is 0 Å². The van der Waals surface area contributed by atoms with Crippen molar-refractivity contribution in [3.63, 3.8) is 0 Å². The lowest BCUT2D eigenvalue weighted by Gasteiger charge is -2.22. The molecule has 2 amide bonds. The molecular weight excluding hydrogens is 392 g/mol. The van der Waals surface area contributed by atoms with Gasteiger partial charge in [0.25, 0.3) is 11.5 Å². The van der Waals surface area contributed by atoms with Crippen molar-refractivity contribution in [2.24, 2.45) is 0 Å². The van der Waals surface area contributed by atoms with E-state index < -0.39 is 5.56 Å². The third-order valence-electron chi connectivity index (χ3n) is 5.55. The molecule has 0 aliphatic carbocycles. The number of amides is 2. The predicted octanol–water partition coefficient (Wildman–Crippen LogP) is 3.09. The molecule has 7 heteroatoms. The number of hydrogen-bond acceptors (Lipinski definition) is 4. The molecule has 0 fully saturated rings. The zero-order valence-corrected chi connectivity index (χ0v) is 17.8. The quantitative estimate of drug-likeness (QED) is 0.708. The van der Waals surface area contributed by atoms with Crippen molar-refractivity contribution in [3.8, 4) is 0 Å². The molecule has 0 spiro atoms. The zero-order valence-electron chi connectivity index (χ0n) is 17.8. The van der Waals surface area contributed by atoms with Gasteiger partial charge in [-0.05, 0) is 56.0 Å². The topological polar surface area (TPSA) is 84.3 Å². The van der Waals surface area contributed by atoms with E-state index in [0.29, 0.717) is 0 Å². The van der Waals surface area contributed by atoms with Crippen LogP contribution in [0.5, 0.6) is 0 Å². The molecule has 1 aliphatic rings. The third-order valence-corrected chi connectivity index (χ3v) is 5.55. The molecule has 1 atom stereocenters. The maximum atomic E-state index is 13.2. The molecule has 3 aromatic rings. The van der Waals surface area contributed by atoms with E-state index in [1.807, 2.05) is 63.2 Å². The lowest BCUT2D eigenvalue weighted by Crippen LogP contribution is -2.38. The molecular formula is C24H24N4O3. The van der Waals surface area contributed by atoms with E-state index in [1.54, 1.807) is 4.90 Å². The minimum absolute atomic E-state index is 0.0144. The first-order chi connectivity index (χ1) is 14.8. The van der Waals surface area contributed by atoms with Crippen LogP contribution < -0.4 is 15.8 Å². The summed E-state index contributed by atoms with van der Waals surface area (Å²) in [6, 6.07) is 16.2.